The number of nitro benzene ring substituents is 1. The molecular weight excluding hydrogens is 335 g/mol. The van der Waals surface area contributed by atoms with Crippen molar-refractivity contribution in [3.63, 3.8) is 0 Å². The van der Waals surface area contributed by atoms with E-state index in [1.165, 1.54) is 19.1 Å². The summed E-state index contributed by atoms with van der Waals surface area (Å²) in [7, 11) is -4.06. The van der Waals surface area contributed by atoms with Crippen molar-refractivity contribution < 1.29 is 17.7 Å². The van der Waals surface area contributed by atoms with Crippen LogP contribution < -0.4 is 4.72 Å². The number of sulfonamides is 1. The summed E-state index contributed by atoms with van der Waals surface area (Å²) >= 11 is 5.65. The molecule has 0 saturated carbocycles. The van der Waals surface area contributed by atoms with Gasteiger partial charge in [0.1, 0.15) is 10.8 Å². The molecule has 22 heavy (non-hydrogen) atoms. The van der Waals surface area contributed by atoms with Gasteiger partial charge in [-0.3, -0.25) is 14.8 Å². The van der Waals surface area contributed by atoms with E-state index < -0.39 is 26.5 Å². The first-order chi connectivity index (χ1) is 10.2. The summed E-state index contributed by atoms with van der Waals surface area (Å²) in [6.45, 7) is 1.53. The number of benzene rings is 2. The molecule has 0 bridgehead atoms. The summed E-state index contributed by atoms with van der Waals surface area (Å²) in [6, 6.07) is 6.69. The molecule has 1 N–H and O–H groups in total. The third kappa shape index (κ3) is 3.34. The summed E-state index contributed by atoms with van der Waals surface area (Å²) in [6.07, 6.45) is 0. The van der Waals surface area contributed by atoms with Crippen LogP contribution in [0.25, 0.3) is 0 Å². The van der Waals surface area contributed by atoms with Crippen LogP contribution in [0.2, 0.25) is 5.02 Å². The first kappa shape index (κ1) is 16.2. The maximum atomic E-state index is 13.0. The van der Waals surface area contributed by atoms with Crippen LogP contribution in [0.4, 0.5) is 15.8 Å². The zero-order valence-electron chi connectivity index (χ0n) is 11.2. The minimum absolute atomic E-state index is 0.165. The van der Waals surface area contributed by atoms with E-state index in [4.69, 9.17) is 11.6 Å². The number of anilines is 1. The lowest BCUT2D eigenvalue weighted by atomic mass is 10.2. The summed E-state index contributed by atoms with van der Waals surface area (Å²) in [5, 5.41) is 10.7. The molecule has 0 amide bonds. The number of rotatable bonds is 4. The maximum absolute atomic E-state index is 13.0. The second kappa shape index (κ2) is 5.90. The van der Waals surface area contributed by atoms with Gasteiger partial charge in [-0.15, -0.1) is 0 Å². The normalized spacial score (nSPS) is 11.2. The van der Waals surface area contributed by atoms with Crippen LogP contribution >= 0.6 is 11.6 Å². The predicted molar refractivity (Wildman–Crippen MR) is 80.1 cm³/mol. The Morgan fingerprint density at radius 1 is 1.23 bits per heavy atom. The highest BCUT2D eigenvalue weighted by Gasteiger charge is 2.21. The van der Waals surface area contributed by atoms with Crippen molar-refractivity contribution in [2.45, 2.75) is 11.8 Å². The average Bonchev–Trinajstić information content (AvgIpc) is 2.42. The Morgan fingerprint density at radius 3 is 2.50 bits per heavy atom. The average molecular weight is 345 g/mol. The maximum Gasteiger partial charge on any atom is 0.289 e. The Bertz CT molecular complexity index is 855. The van der Waals surface area contributed by atoms with Gasteiger partial charge >= 0.3 is 0 Å². The second-order valence-corrected chi connectivity index (χ2v) is 6.52. The van der Waals surface area contributed by atoms with E-state index in [2.05, 4.69) is 4.72 Å². The predicted octanol–water partition coefficient (Wildman–Crippen LogP) is 3.50. The number of hydrogen-bond acceptors (Lipinski definition) is 4. The number of nitrogens with one attached hydrogen (secondary N) is 1. The van der Waals surface area contributed by atoms with Gasteiger partial charge in [-0.05, 0) is 42.8 Å². The van der Waals surface area contributed by atoms with Crippen molar-refractivity contribution >= 4 is 33.0 Å². The Balaban J connectivity index is 2.42. The quantitative estimate of drug-likeness (QED) is 0.679. The van der Waals surface area contributed by atoms with E-state index in [0.29, 0.717) is 5.56 Å². The molecule has 0 saturated heterocycles. The van der Waals surface area contributed by atoms with Crippen molar-refractivity contribution in [1.29, 1.82) is 0 Å². The van der Waals surface area contributed by atoms with Gasteiger partial charge in [-0.1, -0.05) is 11.6 Å². The molecule has 2 aromatic rings. The molecular formula is C13H10ClFN2O4S. The number of hydrogen-bond donors (Lipinski definition) is 1. The fourth-order valence-corrected chi connectivity index (χ4v) is 3.08. The van der Waals surface area contributed by atoms with E-state index in [1.54, 1.807) is 0 Å². The monoisotopic (exact) mass is 344 g/mol. The molecule has 0 radical (unpaired) electrons. The van der Waals surface area contributed by atoms with Crippen LogP contribution in [0.1, 0.15) is 5.56 Å². The smallest absolute Gasteiger partial charge is 0.279 e. The summed E-state index contributed by atoms with van der Waals surface area (Å²) < 4.78 is 39.8. The van der Waals surface area contributed by atoms with E-state index in [1.807, 2.05) is 0 Å². The molecule has 0 aromatic heterocycles. The van der Waals surface area contributed by atoms with Gasteiger partial charge in [0.25, 0.3) is 15.7 Å². The summed E-state index contributed by atoms with van der Waals surface area (Å²) in [5.74, 6) is -0.498. The lowest BCUT2D eigenvalue weighted by Gasteiger charge is -2.10. The number of aryl methyl sites for hydroxylation is 1. The Kier molecular flexibility index (Phi) is 4.34. The molecule has 0 aliphatic carbocycles. The van der Waals surface area contributed by atoms with Gasteiger partial charge in [0.15, 0.2) is 0 Å². The van der Waals surface area contributed by atoms with E-state index in [9.17, 15) is 22.9 Å². The van der Waals surface area contributed by atoms with Crippen LogP contribution in [0.5, 0.6) is 0 Å². The lowest BCUT2D eigenvalue weighted by Crippen LogP contribution is -2.14. The Morgan fingerprint density at radius 2 is 1.91 bits per heavy atom. The molecule has 2 rings (SSSR count). The van der Waals surface area contributed by atoms with Crippen molar-refractivity contribution in [3.8, 4) is 0 Å². The van der Waals surface area contributed by atoms with Crippen molar-refractivity contribution in [3.05, 3.63) is 62.9 Å². The molecule has 0 heterocycles. The van der Waals surface area contributed by atoms with Gasteiger partial charge in [0, 0.05) is 6.07 Å². The molecule has 0 spiro atoms. The fraction of sp³-hybridized carbons (Fsp3) is 0.0769. The second-order valence-electron chi connectivity index (χ2n) is 4.44. The lowest BCUT2D eigenvalue weighted by molar-refractivity contribution is -0.384. The number of nitro groups is 1. The third-order valence-electron chi connectivity index (χ3n) is 2.86. The minimum atomic E-state index is -4.06. The standard InChI is InChI=1S/C13H10ClFN2O4S/c1-8-6-9(15)2-5-12(8)16-22(20,21)10-3-4-11(14)13(7-10)17(18)19/h2-7,16H,1H3. The zero-order chi connectivity index (χ0) is 16.5. The van der Waals surface area contributed by atoms with E-state index in [0.717, 1.165) is 24.3 Å². The van der Waals surface area contributed by atoms with Crippen LogP contribution in [0.15, 0.2) is 41.3 Å². The van der Waals surface area contributed by atoms with Crippen LogP contribution in [0.3, 0.4) is 0 Å². The van der Waals surface area contributed by atoms with Crippen molar-refractivity contribution in [1.82, 2.24) is 0 Å². The van der Waals surface area contributed by atoms with E-state index in [-0.39, 0.29) is 15.6 Å². The first-order valence-corrected chi connectivity index (χ1v) is 7.80. The molecule has 0 atom stereocenters. The number of nitrogens with zero attached hydrogens (tertiary/aromatic N) is 1. The van der Waals surface area contributed by atoms with Crippen LogP contribution in [-0.4, -0.2) is 13.3 Å². The van der Waals surface area contributed by atoms with Crippen LogP contribution in [0, 0.1) is 22.9 Å². The van der Waals surface area contributed by atoms with Gasteiger partial charge in [0.2, 0.25) is 0 Å². The molecule has 0 unspecified atom stereocenters. The zero-order valence-corrected chi connectivity index (χ0v) is 12.8. The molecule has 116 valence electrons. The Hall–Kier alpha value is -2.19. The SMILES string of the molecule is Cc1cc(F)ccc1NS(=O)(=O)c1ccc(Cl)c([N+](=O)[O-])c1. The largest absolute Gasteiger partial charge is 0.289 e. The molecule has 2 aromatic carbocycles. The minimum Gasteiger partial charge on any atom is -0.279 e. The highest BCUT2D eigenvalue weighted by atomic mass is 35.5. The highest BCUT2D eigenvalue weighted by Crippen LogP contribution is 2.28. The highest BCUT2D eigenvalue weighted by molar-refractivity contribution is 7.92. The Labute approximate surface area is 130 Å². The molecule has 9 heteroatoms. The summed E-state index contributed by atoms with van der Waals surface area (Å²) in [5.41, 5.74) is 0.0476. The third-order valence-corrected chi connectivity index (χ3v) is 4.54. The molecule has 0 aliphatic rings. The summed E-state index contributed by atoms with van der Waals surface area (Å²) in [4.78, 5) is 9.73. The van der Waals surface area contributed by atoms with Crippen molar-refractivity contribution in [2.75, 3.05) is 4.72 Å². The van der Waals surface area contributed by atoms with Gasteiger partial charge < -0.3 is 0 Å². The topological polar surface area (TPSA) is 89.3 Å². The molecule has 6 nitrogen and oxygen atoms in total. The van der Waals surface area contributed by atoms with Crippen LogP contribution in [-0.2, 0) is 10.0 Å². The van der Waals surface area contributed by atoms with Gasteiger partial charge in [-0.2, -0.15) is 0 Å². The van der Waals surface area contributed by atoms with Gasteiger partial charge in [0.05, 0.1) is 15.5 Å². The van der Waals surface area contributed by atoms with Gasteiger partial charge in [-0.25, -0.2) is 12.8 Å². The fourth-order valence-electron chi connectivity index (χ4n) is 1.74. The van der Waals surface area contributed by atoms with Crippen molar-refractivity contribution in [2.24, 2.45) is 0 Å². The number of halogens is 2. The molecule has 0 fully saturated rings. The van der Waals surface area contributed by atoms with E-state index >= 15 is 0 Å². The molecule has 0 aliphatic heterocycles. The first-order valence-electron chi connectivity index (χ1n) is 5.93.